The molecule has 0 saturated carbocycles. The first kappa shape index (κ1) is 16.7. The lowest BCUT2D eigenvalue weighted by molar-refractivity contribution is -0.114. The minimum Gasteiger partial charge on any atom is -0.379 e. The van der Waals surface area contributed by atoms with Gasteiger partial charge in [-0.3, -0.25) is 9.69 Å². The quantitative estimate of drug-likeness (QED) is 0.883. The number of benzene rings is 1. The molecular formula is C18H24N4O2. The van der Waals surface area contributed by atoms with Gasteiger partial charge in [-0.2, -0.15) is 0 Å². The fourth-order valence-corrected chi connectivity index (χ4v) is 2.98. The van der Waals surface area contributed by atoms with E-state index in [1.165, 1.54) is 6.92 Å². The van der Waals surface area contributed by atoms with Crippen molar-refractivity contribution >= 4 is 11.6 Å². The van der Waals surface area contributed by atoms with Crippen LogP contribution in [0.5, 0.6) is 0 Å². The van der Waals surface area contributed by atoms with Crippen LogP contribution in [-0.4, -0.2) is 53.2 Å². The molecule has 1 saturated heterocycles. The molecule has 0 unspecified atom stereocenters. The van der Waals surface area contributed by atoms with E-state index in [9.17, 15) is 4.79 Å². The number of anilines is 1. The first-order chi connectivity index (χ1) is 11.7. The highest BCUT2D eigenvalue weighted by Crippen LogP contribution is 2.21. The molecule has 1 amide bonds. The average Bonchev–Trinajstić information content (AvgIpc) is 3.04. The molecule has 24 heavy (non-hydrogen) atoms. The molecule has 2 aromatic rings. The van der Waals surface area contributed by atoms with Gasteiger partial charge in [0.2, 0.25) is 5.91 Å². The summed E-state index contributed by atoms with van der Waals surface area (Å²) in [5.74, 6) is 0.866. The van der Waals surface area contributed by atoms with Gasteiger partial charge in [-0.15, -0.1) is 0 Å². The maximum atomic E-state index is 11.2. The van der Waals surface area contributed by atoms with Crippen molar-refractivity contribution < 1.29 is 9.53 Å². The Bertz CT molecular complexity index is 677. The van der Waals surface area contributed by atoms with Crippen molar-refractivity contribution in [2.75, 3.05) is 38.2 Å². The van der Waals surface area contributed by atoms with E-state index >= 15 is 0 Å². The van der Waals surface area contributed by atoms with E-state index in [0.29, 0.717) is 0 Å². The minimum absolute atomic E-state index is 0.0685. The first-order valence-electron chi connectivity index (χ1n) is 8.41. The Balaban J connectivity index is 1.63. The Kier molecular flexibility index (Phi) is 5.61. The van der Waals surface area contributed by atoms with E-state index in [4.69, 9.17) is 4.74 Å². The van der Waals surface area contributed by atoms with E-state index in [-0.39, 0.29) is 5.91 Å². The molecule has 0 atom stereocenters. The van der Waals surface area contributed by atoms with Crippen LogP contribution in [0.2, 0.25) is 0 Å². The number of morpholine rings is 1. The van der Waals surface area contributed by atoms with Gasteiger partial charge in [-0.25, -0.2) is 4.98 Å². The number of carbonyl (C=O) groups is 1. The molecule has 3 rings (SSSR count). The third-order valence-electron chi connectivity index (χ3n) is 4.13. The van der Waals surface area contributed by atoms with Crippen molar-refractivity contribution in [3.63, 3.8) is 0 Å². The predicted molar refractivity (Wildman–Crippen MR) is 93.8 cm³/mol. The SMILES string of the molecule is CC(=O)Nc1cccc(-c2nccn2CCCN2CCOCC2)c1. The van der Waals surface area contributed by atoms with Crippen molar-refractivity contribution in [3.05, 3.63) is 36.7 Å². The standard InChI is InChI=1S/C18H24N4O2/c1-15(23)20-17-5-2-4-16(14-17)18-19-6-9-22(18)8-3-7-21-10-12-24-13-11-21/h2,4-6,9,14H,3,7-8,10-13H2,1H3,(H,20,23). The highest BCUT2D eigenvalue weighted by Gasteiger charge is 2.11. The maximum absolute atomic E-state index is 11.2. The zero-order valence-electron chi connectivity index (χ0n) is 14.1. The maximum Gasteiger partial charge on any atom is 0.221 e. The third kappa shape index (κ3) is 4.43. The van der Waals surface area contributed by atoms with E-state index in [2.05, 4.69) is 19.8 Å². The van der Waals surface area contributed by atoms with Crippen LogP contribution >= 0.6 is 0 Å². The lowest BCUT2D eigenvalue weighted by Crippen LogP contribution is -2.37. The Morgan fingerprint density at radius 1 is 1.29 bits per heavy atom. The number of imidazole rings is 1. The number of rotatable bonds is 6. The summed E-state index contributed by atoms with van der Waals surface area (Å²) in [5, 5.41) is 2.82. The highest BCUT2D eigenvalue weighted by molar-refractivity contribution is 5.89. The van der Waals surface area contributed by atoms with Crippen LogP contribution in [0.1, 0.15) is 13.3 Å². The molecule has 6 heteroatoms. The zero-order valence-corrected chi connectivity index (χ0v) is 14.1. The molecule has 1 aliphatic heterocycles. The summed E-state index contributed by atoms with van der Waals surface area (Å²) in [6.07, 6.45) is 4.92. The van der Waals surface area contributed by atoms with Gasteiger partial charge in [0.15, 0.2) is 0 Å². The highest BCUT2D eigenvalue weighted by atomic mass is 16.5. The number of amides is 1. The van der Waals surface area contributed by atoms with Crippen molar-refractivity contribution in [2.24, 2.45) is 0 Å². The Labute approximate surface area is 142 Å². The van der Waals surface area contributed by atoms with E-state index in [1.807, 2.05) is 36.7 Å². The second-order valence-corrected chi connectivity index (χ2v) is 6.01. The minimum atomic E-state index is -0.0685. The predicted octanol–water partition coefficient (Wildman–Crippen LogP) is 2.23. The zero-order chi connectivity index (χ0) is 16.8. The molecule has 6 nitrogen and oxygen atoms in total. The lowest BCUT2D eigenvalue weighted by Gasteiger charge is -2.26. The number of ether oxygens (including phenoxy) is 1. The molecule has 128 valence electrons. The van der Waals surface area contributed by atoms with Crippen molar-refractivity contribution in [1.82, 2.24) is 14.5 Å². The molecule has 1 aliphatic rings. The van der Waals surface area contributed by atoms with E-state index in [1.54, 1.807) is 0 Å². The number of nitrogens with one attached hydrogen (secondary N) is 1. The number of nitrogens with zero attached hydrogens (tertiary/aromatic N) is 3. The van der Waals surface area contributed by atoms with Gasteiger partial charge in [0.1, 0.15) is 5.82 Å². The number of hydrogen-bond donors (Lipinski definition) is 1. The van der Waals surface area contributed by atoms with Crippen LogP contribution in [0.15, 0.2) is 36.7 Å². The summed E-state index contributed by atoms with van der Waals surface area (Å²) >= 11 is 0. The third-order valence-corrected chi connectivity index (χ3v) is 4.13. The molecule has 1 aromatic carbocycles. The molecular weight excluding hydrogens is 304 g/mol. The molecule has 1 fully saturated rings. The normalized spacial score (nSPS) is 15.4. The molecule has 1 aromatic heterocycles. The molecule has 0 radical (unpaired) electrons. The van der Waals surface area contributed by atoms with Crippen LogP contribution in [0.4, 0.5) is 5.69 Å². The number of carbonyl (C=O) groups excluding carboxylic acids is 1. The van der Waals surface area contributed by atoms with E-state index < -0.39 is 0 Å². The first-order valence-corrected chi connectivity index (χ1v) is 8.41. The second kappa shape index (κ2) is 8.08. The molecule has 1 N–H and O–H groups in total. The smallest absolute Gasteiger partial charge is 0.221 e. The largest absolute Gasteiger partial charge is 0.379 e. The summed E-state index contributed by atoms with van der Waals surface area (Å²) < 4.78 is 7.55. The van der Waals surface area contributed by atoms with Crippen molar-refractivity contribution in [2.45, 2.75) is 19.9 Å². The summed E-state index contributed by atoms with van der Waals surface area (Å²) in [6.45, 7) is 7.24. The second-order valence-electron chi connectivity index (χ2n) is 6.01. The van der Waals surface area contributed by atoms with Gasteiger partial charge in [-0.05, 0) is 18.6 Å². The number of aromatic nitrogens is 2. The summed E-state index contributed by atoms with van der Waals surface area (Å²) in [7, 11) is 0. The van der Waals surface area contributed by atoms with Gasteiger partial charge in [0.05, 0.1) is 13.2 Å². The van der Waals surface area contributed by atoms with E-state index in [0.717, 1.165) is 62.9 Å². The van der Waals surface area contributed by atoms with Crippen LogP contribution in [0, 0.1) is 0 Å². The van der Waals surface area contributed by atoms with Crippen LogP contribution in [-0.2, 0) is 16.1 Å². The fourth-order valence-electron chi connectivity index (χ4n) is 2.98. The molecule has 0 aliphatic carbocycles. The van der Waals surface area contributed by atoms with Gasteiger partial charge >= 0.3 is 0 Å². The molecule has 0 spiro atoms. The summed E-state index contributed by atoms with van der Waals surface area (Å²) in [6, 6.07) is 7.80. The van der Waals surface area contributed by atoms with Gasteiger partial charge in [0, 0.05) is 56.7 Å². The van der Waals surface area contributed by atoms with Gasteiger partial charge < -0.3 is 14.6 Å². The Morgan fingerprint density at radius 3 is 2.92 bits per heavy atom. The summed E-state index contributed by atoms with van der Waals surface area (Å²) in [5.41, 5.74) is 1.81. The number of aryl methyl sites for hydroxylation is 1. The topological polar surface area (TPSA) is 59.4 Å². The average molecular weight is 328 g/mol. The Hall–Kier alpha value is -2.18. The Morgan fingerprint density at radius 2 is 2.12 bits per heavy atom. The molecule has 2 heterocycles. The van der Waals surface area contributed by atoms with Crippen molar-refractivity contribution in [1.29, 1.82) is 0 Å². The van der Waals surface area contributed by atoms with Gasteiger partial charge in [0.25, 0.3) is 0 Å². The van der Waals surface area contributed by atoms with Crippen LogP contribution in [0.3, 0.4) is 0 Å². The monoisotopic (exact) mass is 328 g/mol. The fraction of sp³-hybridized carbons (Fsp3) is 0.444. The van der Waals surface area contributed by atoms with Crippen LogP contribution in [0.25, 0.3) is 11.4 Å². The number of hydrogen-bond acceptors (Lipinski definition) is 4. The lowest BCUT2D eigenvalue weighted by atomic mass is 10.2. The summed E-state index contributed by atoms with van der Waals surface area (Å²) in [4.78, 5) is 18.2. The van der Waals surface area contributed by atoms with Gasteiger partial charge in [-0.1, -0.05) is 12.1 Å². The molecule has 0 bridgehead atoms. The van der Waals surface area contributed by atoms with Crippen molar-refractivity contribution in [3.8, 4) is 11.4 Å². The van der Waals surface area contributed by atoms with Crippen LogP contribution < -0.4 is 5.32 Å².